The van der Waals surface area contributed by atoms with Crippen molar-refractivity contribution in [1.82, 2.24) is 0 Å². The topological polar surface area (TPSA) is 111 Å². The summed E-state index contributed by atoms with van der Waals surface area (Å²) in [6, 6.07) is 0. The number of rotatable bonds is 49. The molecule has 9 nitrogen and oxygen atoms in total. The summed E-state index contributed by atoms with van der Waals surface area (Å²) in [5.41, 5.74) is 0. The number of phosphoric acid groups is 1. The first-order valence-electron chi connectivity index (χ1n) is 27.4. The molecule has 0 aromatic rings. The Bertz CT molecular complexity index is 1490. The zero-order valence-electron chi connectivity index (χ0n) is 44.7. The molecule has 0 saturated carbocycles. The smallest absolute Gasteiger partial charge is 0.306 e. The average molecular weight is 984 g/mol. The van der Waals surface area contributed by atoms with Gasteiger partial charge in [-0.3, -0.25) is 14.2 Å². The Balaban J connectivity index is 4.29. The van der Waals surface area contributed by atoms with Crippen LogP contribution in [0.5, 0.6) is 0 Å². The molecule has 0 bridgehead atoms. The predicted octanol–water partition coefficient (Wildman–Crippen LogP) is 16.2. The van der Waals surface area contributed by atoms with Gasteiger partial charge in [-0.25, -0.2) is 0 Å². The van der Waals surface area contributed by atoms with Gasteiger partial charge in [0.05, 0.1) is 27.7 Å². The average Bonchev–Trinajstić information content (AvgIpc) is 3.31. The number of unbranched alkanes of at least 4 members (excludes halogenated alkanes) is 19. The highest BCUT2D eigenvalue weighted by Crippen LogP contribution is 2.38. The monoisotopic (exact) mass is 984 g/mol. The lowest BCUT2D eigenvalue weighted by molar-refractivity contribution is -0.870. The van der Waals surface area contributed by atoms with Crippen LogP contribution in [0.1, 0.15) is 213 Å². The summed E-state index contributed by atoms with van der Waals surface area (Å²) in [6.45, 7) is 4.09. The van der Waals surface area contributed by atoms with E-state index in [4.69, 9.17) is 18.5 Å². The van der Waals surface area contributed by atoms with E-state index < -0.39 is 32.5 Å². The van der Waals surface area contributed by atoms with Crippen LogP contribution in [0.4, 0.5) is 0 Å². The highest BCUT2D eigenvalue weighted by atomic mass is 31.2. The van der Waals surface area contributed by atoms with Crippen LogP contribution in [0.15, 0.2) is 97.2 Å². The molecule has 0 fully saturated rings. The Morgan fingerprint density at radius 1 is 0.464 bits per heavy atom. The number of likely N-dealkylation sites (N-methyl/N-ethyl adjacent to an activating group) is 1. The number of carbonyl (C=O) groups is 2. The summed E-state index contributed by atoms with van der Waals surface area (Å²) >= 11 is 0. The van der Waals surface area contributed by atoms with Crippen LogP contribution in [0.25, 0.3) is 0 Å². The van der Waals surface area contributed by atoms with Gasteiger partial charge in [0.2, 0.25) is 0 Å². The largest absolute Gasteiger partial charge is 0.756 e. The Labute approximate surface area is 423 Å². The zero-order chi connectivity index (χ0) is 50.6. The van der Waals surface area contributed by atoms with Gasteiger partial charge in [-0.15, -0.1) is 0 Å². The molecule has 10 heteroatoms. The van der Waals surface area contributed by atoms with Crippen LogP contribution < -0.4 is 4.89 Å². The second-order valence-corrected chi connectivity index (χ2v) is 20.6. The van der Waals surface area contributed by atoms with Crippen LogP contribution in [0.2, 0.25) is 0 Å². The molecule has 0 aliphatic rings. The van der Waals surface area contributed by atoms with Crippen molar-refractivity contribution in [3.63, 3.8) is 0 Å². The number of allylic oxidation sites excluding steroid dienone is 16. The van der Waals surface area contributed by atoms with Crippen LogP contribution in [-0.4, -0.2) is 70.0 Å². The molecule has 0 spiro atoms. The van der Waals surface area contributed by atoms with E-state index in [-0.39, 0.29) is 26.1 Å². The van der Waals surface area contributed by atoms with Gasteiger partial charge >= 0.3 is 11.9 Å². The van der Waals surface area contributed by atoms with E-state index in [9.17, 15) is 19.0 Å². The third-order valence-electron chi connectivity index (χ3n) is 11.4. The van der Waals surface area contributed by atoms with E-state index in [1.165, 1.54) is 83.5 Å². The van der Waals surface area contributed by atoms with E-state index in [0.717, 1.165) is 96.3 Å². The van der Waals surface area contributed by atoms with Crippen molar-refractivity contribution in [2.75, 3.05) is 47.5 Å². The predicted molar refractivity (Wildman–Crippen MR) is 291 cm³/mol. The Morgan fingerprint density at radius 2 is 0.826 bits per heavy atom. The zero-order valence-corrected chi connectivity index (χ0v) is 45.6. The molecule has 0 heterocycles. The Morgan fingerprint density at radius 3 is 1.23 bits per heavy atom. The van der Waals surface area contributed by atoms with Crippen LogP contribution >= 0.6 is 7.82 Å². The summed E-state index contributed by atoms with van der Waals surface area (Å²) in [4.78, 5) is 37.8. The first-order valence-corrected chi connectivity index (χ1v) is 28.9. The van der Waals surface area contributed by atoms with Gasteiger partial charge in [-0.1, -0.05) is 220 Å². The molecule has 0 rings (SSSR count). The minimum Gasteiger partial charge on any atom is -0.756 e. The molecular formula is C59H102NO8P. The summed E-state index contributed by atoms with van der Waals surface area (Å²) in [5, 5.41) is 0. The number of phosphoric ester groups is 1. The van der Waals surface area contributed by atoms with Crippen LogP contribution in [0.3, 0.4) is 0 Å². The molecule has 0 amide bonds. The lowest BCUT2D eigenvalue weighted by atomic mass is 10.0. The highest BCUT2D eigenvalue weighted by molar-refractivity contribution is 7.45. The van der Waals surface area contributed by atoms with Crippen molar-refractivity contribution in [1.29, 1.82) is 0 Å². The fourth-order valence-corrected chi connectivity index (χ4v) is 7.87. The standard InChI is InChI=1S/C59H102NO8P/c1-6-8-10-12-14-16-18-20-22-24-25-26-27-28-29-30-31-32-33-34-35-36-38-40-42-44-46-48-50-52-59(62)68-57(56-67-69(63,64)66-54-53-60(3,4)5)55-65-58(61)51-49-47-45-43-41-39-37-23-21-19-17-15-13-11-9-7-2/h8,10,14,16,20,22,25-26,28-29,31-32,34-35,38,40,57H,6-7,9,11-13,15,17-19,21,23-24,27,30,33,36-37,39,41-56H2,1-5H3/b10-8-,16-14-,22-20-,26-25-,29-28-,32-31-,35-34-,40-38-. The number of ether oxygens (including phenoxy) is 2. The van der Waals surface area contributed by atoms with Crippen molar-refractivity contribution < 1.29 is 42.1 Å². The fourth-order valence-electron chi connectivity index (χ4n) is 7.14. The number of esters is 2. The number of carbonyl (C=O) groups excluding carboxylic acids is 2. The second-order valence-electron chi connectivity index (χ2n) is 19.2. The SMILES string of the molecule is CC/C=C\C/C=C\C/C=C\C/C=C\C/C=C\C/C=C\C/C=C\C/C=C\CCCCCCC(=O)OC(COC(=O)CCCCCCCCCCCCCCCCCC)COP(=O)([O-])OCC[N+](C)(C)C. The van der Waals surface area contributed by atoms with E-state index >= 15 is 0 Å². The molecule has 0 aliphatic carbocycles. The lowest BCUT2D eigenvalue weighted by Gasteiger charge is -2.28. The summed E-state index contributed by atoms with van der Waals surface area (Å²) in [7, 11) is 1.14. The van der Waals surface area contributed by atoms with Crippen molar-refractivity contribution in [2.45, 2.75) is 219 Å². The first-order chi connectivity index (χ1) is 33.5. The molecule has 0 saturated heterocycles. The number of hydrogen-bond acceptors (Lipinski definition) is 8. The number of quaternary nitrogens is 1. The minimum absolute atomic E-state index is 0.0401. The van der Waals surface area contributed by atoms with Crippen molar-refractivity contribution in [2.24, 2.45) is 0 Å². The fraction of sp³-hybridized carbons (Fsp3) is 0.695. The molecule has 69 heavy (non-hydrogen) atoms. The van der Waals surface area contributed by atoms with E-state index in [0.29, 0.717) is 17.4 Å². The third-order valence-corrected chi connectivity index (χ3v) is 12.3. The highest BCUT2D eigenvalue weighted by Gasteiger charge is 2.21. The Kier molecular flexibility index (Phi) is 47.7. The molecule has 0 aromatic heterocycles. The summed E-state index contributed by atoms with van der Waals surface area (Å²) in [5.74, 6) is -0.864. The van der Waals surface area contributed by atoms with Gasteiger partial charge in [-0.05, 0) is 77.0 Å². The van der Waals surface area contributed by atoms with Crippen molar-refractivity contribution in [3.8, 4) is 0 Å². The maximum absolute atomic E-state index is 12.8. The number of hydrogen-bond donors (Lipinski definition) is 0. The maximum Gasteiger partial charge on any atom is 0.306 e. The molecular weight excluding hydrogens is 882 g/mol. The van der Waals surface area contributed by atoms with E-state index in [2.05, 4.69) is 111 Å². The Hall–Kier alpha value is -3.07. The van der Waals surface area contributed by atoms with Gasteiger partial charge in [-0.2, -0.15) is 0 Å². The minimum atomic E-state index is -4.64. The van der Waals surface area contributed by atoms with Gasteiger partial charge in [0, 0.05) is 12.8 Å². The molecule has 396 valence electrons. The van der Waals surface area contributed by atoms with E-state index in [1.807, 2.05) is 21.1 Å². The summed E-state index contributed by atoms with van der Waals surface area (Å²) < 4.78 is 34.1. The lowest BCUT2D eigenvalue weighted by Crippen LogP contribution is -2.37. The van der Waals surface area contributed by atoms with Crippen molar-refractivity contribution in [3.05, 3.63) is 97.2 Å². The van der Waals surface area contributed by atoms with Crippen LogP contribution in [0, 0.1) is 0 Å². The molecule has 0 radical (unpaired) electrons. The molecule has 0 N–H and O–H groups in total. The van der Waals surface area contributed by atoms with E-state index in [1.54, 1.807) is 0 Å². The number of nitrogens with zero attached hydrogens (tertiary/aromatic N) is 1. The van der Waals surface area contributed by atoms with Crippen molar-refractivity contribution >= 4 is 19.8 Å². The van der Waals surface area contributed by atoms with Gasteiger partial charge in [0.1, 0.15) is 19.8 Å². The van der Waals surface area contributed by atoms with Crippen LogP contribution in [-0.2, 0) is 32.7 Å². The normalized spacial score (nSPS) is 14.1. The maximum atomic E-state index is 12.8. The second kappa shape index (κ2) is 49.9. The van der Waals surface area contributed by atoms with Gasteiger partial charge < -0.3 is 27.9 Å². The van der Waals surface area contributed by atoms with Gasteiger partial charge in [0.25, 0.3) is 7.82 Å². The third kappa shape index (κ3) is 54.1. The summed E-state index contributed by atoms with van der Waals surface area (Å²) in [6.07, 6.45) is 67.3. The molecule has 2 unspecified atom stereocenters. The molecule has 2 atom stereocenters. The molecule has 0 aromatic carbocycles. The first kappa shape index (κ1) is 65.9. The van der Waals surface area contributed by atoms with Gasteiger partial charge in [0.15, 0.2) is 6.10 Å². The quantitative estimate of drug-likeness (QED) is 0.0195. The molecule has 0 aliphatic heterocycles.